The van der Waals surface area contributed by atoms with Gasteiger partial charge >= 0.3 is 0 Å². The van der Waals surface area contributed by atoms with E-state index >= 15 is 0 Å². The fourth-order valence-corrected chi connectivity index (χ4v) is 2.18. The zero-order chi connectivity index (χ0) is 10.8. The quantitative estimate of drug-likeness (QED) is 0.464. The molecule has 0 aromatic carbocycles. The van der Waals surface area contributed by atoms with Crippen LogP contribution in [-0.4, -0.2) is 0 Å². The van der Waals surface area contributed by atoms with Crippen LogP contribution in [0.2, 0.25) is 0 Å². The third-order valence-electron chi connectivity index (χ3n) is 3.39. The van der Waals surface area contributed by atoms with E-state index in [0.29, 0.717) is 0 Å². The summed E-state index contributed by atoms with van der Waals surface area (Å²) in [6, 6.07) is 0. The predicted molar refractivity (Wildman–Crippen MR) is 66.6 cm³/mol. The second kappa shape index (κ2) is 9.55. The summed E-state index contributed by atoms with van der Waals surface area (Å²) >= 11 is 0. The van der Waals surface area contributed by atoms with Crippen molar-refractivity contribution < 1.29 is 0 Å². The Kier molecular flexibility index (Phi) is 9.55. The molecule has 0 heterocycles. The molecule has 0 saturated heterocycles. The summed E-state index contributed by atoms with van der Waals surface area (Å²) in [5.41, 5.74) is 0. The lowest BCUT2D eigenvalue weighted by Gasteiger charge is -2.16. The van der Waals surface area contributed by atoms with E-state index in [9.17, 15) is 0 Å². The first-order chi connectivity index (χ1) is 6.74. The molecular weight excluding hydrogens is 168 g/mol. The first kappa shape index (κ1) is 14.0. The normalized spacial score (nSPS) is 15.4. The topological polar surface area (TPSA) is 0 Å². The minimum absolute atomic E-state index is 0.959. The summed E-state index contributed by atoms with van der Waals surface area (Å²) in [6.45, 7) is 9.37. The van der Waals surface area contributed by atoms with E-state index in [-0.39, 0.29) is 0 Å². The first-order valence-electron chi connectivity index (χ1n) is 6.74. The van der Waals surface area contributed by atoms with Crippen molar-refractivity contribution in [3.63, 3.8) is 0 Å². The van der Waals surface area contributed by atoms with Crippen molar-refractivity contribution in [1.82, 2.24) is 0 Å². The van der Waals surface area contributed by atoms with E-state index in [1.807, 2.05) is 0 Å². The van der Waals surface area contributed by atoms with E-state index in [2.05, 4.69) is 27.7 Å². The smallest absolute Gasteiger partial charge is 0.0417 e. The Morgan fingerprint density at radius 3 is 2.00 bits per heavy atom. The fraction of sp³-hybridized carbons (Fsp3) is 1.00. The third kappa shape index (κ3) is 7.41. The molecular formula is C14H30. The van der Waals surface area contributed by atoms with Gasteiger partial charge in [0.2, 0.25) is 0 Å². The highest BCUT2D eigenvalue weighted by atomic mass is 14.1. The monoisotopic (exact) mass is 198 g/mol. The van der Waals surface area contributed by atoms with Gasteiger partial charge in [0.15, 0.2) is 0 Å². The molecule has 0 saturated carbocycles. The molecule has 0 fully saturated rings. The zero-order valence-electron chi connectivity index (χ0n) is 10.8. The molecule has 0 bridgehead atoms. The van der Waals surface area contributed by atoms with E-state index in [0.717, 1.165) is 11.8 Å². The maximum Gasteiger partial charge on any atom is -0.0417 e. The van der Waals surface area contributed by atoms with Gasteiger partial charge in [-0.1, -0.05) is 79.1 Å². The van der Waals surface area contributed by atoms with Crippen molar-refractivity contribution >= 4 is 0 Å². The predicted octanol–water partition coefficient (Wildman–Crippen LogP) is 5.42. The molecule has 0 aliphatic rings. The van der Waals surface area contributed by atoms with Gasteiger partial charge in [0.25, 0.3) is 0 Å². The van der Waals surface area contributed by atoms with Gasteiger partial charge in [-0.2, -0.15) is 0 Å². The van der Waals surface area contributed by atoms with Gasteiger partial charge in [0.1, 0.15) is 0 Å². The van der Waals surface area contributed by atoms with Crippen LogP contribution in [0.5, 0.6) is 0 Å². The molecule has 0 aliphatic carbocycles. The summed E-state index contributed by atoms with van der Waals surface area (Å²) in [5.74, 6) is 1.96. The lowest BCUT2D eigenvalue weighted by atomic mass is 9.90. The second-order valence-corrected chi connectivity index (χ2v) is 4.89. The summed E-state index contributed by atoms with van der Waals surface area (Å²) in [6.07, 6.45) is 11.3. The van der Waals surface area contributed by atoms with Crippen molar-refractivity contribution in [1.29, 1.82) is 0 Å². The van der Waals surface area contributed by atoms with Gasteiger partial charge in [-0.15, -0.1) is 0 Å². The Hall–Kier alpha value is 0. The molecule has 0 nitrogen and oxygen atoms in total. The van der Waals surface area contributed by atoms with Gasteiger partial charge in [0.05, 0.1) is 0 Å². The van der Waals surface area contributed by atoms with Gasteiger partial charge in [-0.25, -0.2) is 0 Å². The number of unbranched alkanes of at least 4 members (excludes halogenated alkanes) is 1. The Labute approximate surface area is 91.5 Å². The SMILES string of the molecule is CCCCC(C)CCC(CC)CCC. The minimum Gasteiger partial charge on any atom is -0.0654 e. The molecule has 0 aromatic rings. The standard InChI is InChI=1S/C14H30/c1-5-8-10-13(4)11-12-14(7-3)9-6-2/h13-14H,5-12H2,1-4H3. The van der Waals surface area contributed by atoms with E-state index in [1.54, 1.807) is 0 Å². The van der Waals surface area contributed by atoms with Crippen LogP contribution in [0, 0.1) is 11.8 Å². The van der Waals surface area contributed by atoms with Crippen molar-refractivity contribution in [3.8, 4) is 0 Å². The zero-order valence-corrected chi connectivity index (χ0v) is 10.8. The van der Waals surface area contributed by atoms with E-state index in [1.165, 1.54) is 51.4 Å². The summed E-state index contributed by atoms with van der Waals surface area (Å²) < 4.78 is 0. The van der Waals surface area contributed by atoms with Crippen LogP contribution in [0.25, 0.3) is 0 Å². The maximum absolute atomic E-state index is 2.42. The van der Waals surface area contributed by atoms with Crippen LogP contribution in [0.3, 0.4) is 0 Å². The molecule has 86 valence electrons. The minimum atomic E-state index is 0.959. The molecule has 0 aliphatic heterocycles. The summed E-state index contributed by atoms with van der Waals surface area (Å²) in [4.78, 5) is 0. The van der Waals surface area contributed by atoms with Crippen LogP contribution in [0.4, 0.5) is 0 Å². The van der Waals surface area contributed by atoms with Gasteiger partial charge in [-0.05, 0) is 11.8 Å². The number of hydrogen-bond acceptors (Lipinski definition) is 0. The molecule has 2 atom stereocenters. The lowest BCUT2D eigenvalue weighted by Crippen LogP contribution is -2.02. The van der Waals surface area contributed by atoms with Crippen LogP contribution in [0.1, 0.15) is 79.1 Å². The van der Waals surface area contributed by atoms with Gasteiger partial charge in [0, 0.05) is 0 Å². The molecule has 0 spiro atoms. The average Bonchev–Trinajstić information content (AvgIpc) is 2.21. The van der Waals surface area contributed by atoms with E-state index < -0.39 is 0 Å². The Bertz CT molecular complexity index is 107. The molecule has 2 unspecified atom stereocenters. The molecule has 0 aromatic heterocycles. The number of hydrogen-bond donors (Lipinski definition) is 0. The second-order valence-electron chi connectivity index (χ2n) is 4.89. The first-order valence-corrected chi connectivity index (χ1v) is 6.74. The summed E-state index contributed by atoms with van der Waals surface area (Å²) in [5, 5.41) is 0. The summed E-state index contributed by atoms with van der Waals surface area (Å²) in [7, 11) is 0. The molecule has 0 heteroatoms. The highest BCUT2D eigenvalue weighted by Gasteiger charge is 2.08. The van der Waals surface area contributed by atoms with Crippen molar-refractivity contribution in [2.45, 2.75) is 79.1 Å². The molecule has 0 rings (SSSR count). The largest absolute Gasteiger partial charge is 0.0654 e. The molecule has 0 amide bonds. The lowest BCUT2D eigenvalue weighted by molar-refractivity contribution is 0.363. The highest BCUT2D eigenvalue weighted by Crippen LogP contribution is 2.22. The van der Waals surface area contributed by atoms with Crippen LogP contribution >= 0.6 is 0 Å². The molecule has 0 radical (unpaired) electrons. The Morgan fingerprint density at radius 2 is 1.50 bits per heavy atom. The van der Waals surface area contributed by atoms with E-state index in [4.69, 9.17) is 0 Å². The Morgan fingerprint density at radius 1 is 0.786 bits per heavy atom. The number of rotatable bonds is 9. The molecule has 14 heavy (non-hydrogen) atoms. The van der Waals surface area contributed by atoms with Crippen LogP contribution in [0.15, 0.2) is 0 Å². The highest BCUT2D eigenvalue weighted by molar-refractivity contribution is 4.60. The average molecular weight is 198 g/mol. The third-order valence-corrected chi connectivity index (χ3v) is 3.39. The van der Waals surface area contributed by atoms with Crippen molar-refractivity contribution in [3.05, 3.63) is 0 Å². The van der Waals surface area contributed by atoms with Gasteiger partial charge < -0.3 is 0 Å². The Balaban J connectivity index is 3.46. The van der Waals surface area contributed by atoms with Crippen LogP contribution in [-0.2, 0) is 0 Å². The maximum atomic E-state index is 2.42. The molecule has 0 N–H and O–H groups in total. The fourth-order valence-electron chi connectivity index (χ4n) is 2.18. The van der Waals surface area contributed by atoms with Crippen LogP contribution < -0.4 is 0 Å². The van der Waals surface area contributed by atoms with Crippen molar-refractivity contribution in [2.75, 3.05) is 0 Å². The van der Waals surface area contributed by atoms with Crippen molar-refractivity contribution in [2.24, 2.45) is 11.8 Å². The van der Waals surface area contributed by atoms with Gasteiger partial charge in [-0.3, -0.25) is 0 Å².